The molecule has 1 amide bonds. The van der Waals surface area contributed by atoms with Gasteiger partial charge in [0.05, 0.1) is 12.3 Å². The molecule has 1 saturated carbocycles. The molecule has 0 aromatic rings. The van der Waals surface area contributed by atoms with E-state index in [1.807, 2.05) is 0 Å². The molecule has 5 nitrogen and oxygen atoms in total. The second-order valence-electron chi connectivity index (χ2n) is 4.64. The van der Waals surface area contributed by atoms with Gasteiger partial charge in [-0.05, 0) is 18.8 Å². The van der Waals surface area contributed by atoms with Crippen molar-refractivity contribution < 1.29 is 13.2 Å². The number of hydrogen-bond donors (Lipinski definition) is 1. The van der Waals surface area contributed by atoms with Gasteiger partial charge in [-0.2, -0.15) is 4.31 Å². The van der Waals surface area contributed by atoms with Gasteiger partial charge in [0.25, 0.3) is 0 Å². The highest BCUT2D eigenvalue weighted by Crippen LogP contribution is 2.18. The number of likely N-dealkylation sites (N-methyl/N-ethyl adjacent to an activating group) is 1. The number of nitrogens with zero attached hydrogens (tertiary/aromatic N) is 1. The van der Waals surface area contributed by atoms with E-state index in [1.165, 1.54) is 7.05 Å². The maximum atomic E-state index is 11.8. The average Bonchev–Trinajstić information content (AvgIpc) is 3.00. The van der Waals surface area contributed by atoms with E-state index in [0.29, 0.717) is 5.88 Å². The lowest BCUT2D eigenvalue weighted by atomic mass is 10.3. The van der Waals surface area contributed by atoms with Crippen LogP contribution in [0.3, 0.4) is 0 Å². The largest absolute Gasteiger partial charge is 0.352 e. The molecule has 0 aromatic heterocycles. The molecule has 1 fully saturated rings. The molecular weight excluding hydrogens is 264 g/mol. The Labute approximate surface area is 108 Å². The molecule has 17 heavy (non-hydrogen) atoms. The number of carbonyl (C=O) groups is 1. The highest BCUT2D eigenvalue weighted by Gasteiger charge is 2.26. The molecule has 1 aliphatic rings. The van der Waals surface area contributed by atoms with Gasteiger partial charge in [-0.3, -0.25) is 4.79 Å². The van der Waals surface area contributed by atoms with Crippen molar-refractivity contribution >= 4 is 27.5 Å². The van der Waals surface area contributed by atoms with Crippen LogP contribution < -0.4 is 5.32 Å². The minimum atomic E-state index is -3.39. The molecular formula is C10H19ClN2O3S. The van der Waals surface area contributed by atoms with Crippen molar-refractivity contribution in [2.24, 2.45) is 5.92 Å². The van der Waals surface area contributed by atoms with E-state index in [9.17, 15) is 13.2 Å². The Morgan fingerprint density at radius 2 is 2.12 bits per heavy atom. The quantitative estimate of drug-likeness (QED) is 0.688. The first-order chi connectivity index (χ1) is 7.85. The fraction of sp³-hybridized carbons (Fsp3) is 0.900. The van der Waals surface area contributed by atoms with Gasteiger partial charge in [-0.15, -0.1) is 11.6 Å². The van der Waals surface area contributed by atoms with E-state index >= 15 is 0 Å². The molecule has 100 valence electrons. The molecule has 0 aliphatic heterocycles. The molecule has 1 rings (SSSR count). The van der Waals surface area contributed by atoms with Crippen molar-refractivity contribution in [2.75, 3.05) is 25.2 Å². The van der Waals surface area contributed by atoms with E-state index < -0.39 is 10.0 Å². The van der Waals surface area contributed by atoms with Crippen LogP contribution in [-0.4, -0.2) is 49.9 Å². The molecule has 0 heterocycles. The minimum absolute atomic E-state index is 0.0241. The topological polar surface area (TPSA) is 66.5 Å². The highest BCUT2D eigenvalue weighted by molar-refractivity contribution is 7.89. The summed E-state index contributed by atoms with van der Waals surface area (Å²) in [6.45, 7) is 1.65. The first-order valence-electron chi connectivity index (χ1n) is 5.64. The summed E-state index contributed by atoms with van der Waals surface area (Å²) in [5.74, 6) is -0.0851. The van der Waals surface area contributed by atoms with Gasteiger partial charge in [0, 0.05) is 19.0 Å². The molecule has 1 aliphatic carbocycles. The van der Waals surface area contributed by atoms with Crippen molar-refractivity contribution in [1.29, 1.82) is 0 Å². The molecule has 0 bridgehead atoms. The van der Waals surface area contributed by atoms with Gasteiger partial charge in [0.15, 0.2) is 0 Å². The fourth-order valence-electron chi connectivity index (χ4n) is 1.33. The first-order valence-corrected chi connectivity index (χ1v) is 7.79. The summed E-state index contributed by atoms with van der Waals surface area (Å²) < 4.78 is 24.7. The third kappa shape index (κ3) is 5.23. The lowest BCUT2D eigenvalue weighted by Crippen LogP contribution is -2.40. The predicted molar refractivity (Wildman–Crippen MR) is 67.5 cm³/mol. The predicted octanol–water partition coefficient (Wildman–Crippen LogP) is 0.402. The number of carbonyl (C=O) groups excluding carboxylic acids is 1. The summed E-state index contributed by atoms with van der Waals surface area (Å²) in [6.07, 6.45) is 1.98. The number of hydrogen-bond acceptors (Lipinski definition) is 3. The molecule has 7 heteroatoms. The minimum Gasteiger partial charge on any atom is -0.352 e. The van der Waals surface area contributed by atoms with Crippen LogP contribution in [0.2, 0.25) is 0 Å². The number of nitrogens with one attached hydrogen (secondary N) is 1. The van der Waals surface area contributed by atoms with Crippen LogP contribution in [0.4, 0.5) is 0 Å². The lowest BCUT2D eigenvalue weighted by Gasteiger charge is -2.18. The third-order valence-corrected chi connectivity index (χ3v) is 5.14. The number of rotatable bonds is 7. The maximum absolute atomic E-state index is 11.8. The van der Waals surface area contributed by atoms with Crippen LogP contribution in [0.15, 0.2) is 0 Å². The molecule has 0 radical (unpaired) electrons. The second kappa shape index (κ2) is 6.02. The molecule has 1 unspecified atom stereocenters. The van der Waals surface area contributed by atoms with E-state index in [2.05, 4.69) is 5.32 Å². The van der Waals surface area contributed by atoms with Gasteiger partial charge in [0.1, 0.15) is 0 Å². The van der Waals surface area contributed by atoms with Gasteiger partial charge >= 0.3 is 0 Å². The smallest absolute Gasteiger partial charge is 0.235 e. The third-order valence-electron chi connectivity index (χ3n) is 2.54. The van der Waals surface area contributed by atoms with E-state index in [1.54, 1.807) is 6.92 Å². The van der Waals surface area contributed by atoms with Crippen LogP contribution in [0.1, 0.15) is 19.8 Å². The van der Waals surface area contributed by atoms with Crippen molar-refractivity contribution in [2.45, 2.75) is 25.8 Å². The van der Waals surface area contributed by atoms with Gasteiger partial charge < -0.3 is 5.32 Å². The van der Waals surface area contributed by atoms with Crippen LogP contribution in [0, 0.1) is 5.92 Å². The van der Waals surface area contributed by atoms with Gasteiger partial charge in [-0.25, -0.2) is 8.42 Å². The molecule has 1 N–H and O–H groups in total. The zero-order chi connectivity index (χ0) is 13.1. The van der Waals surface area contributed by atoms with Crippen LogP contribution in [-0.2, 0) is 14.8 Å². The molecule has 0 spiro atoms. The van der Waals surface area contributed by atoms with Crippen molar-refractivity contribution in [3.8, 4) is 0 Å². The summed E-state index contributed by atoms with van der Waals surface area (Å²) in [6, 6.07) is 0.250. The summed E-state index contributed by atoms with van der Waals surface area (Å²) >= 11 is 5.58. The SMILES string of the molecule is CC(CCl)CS(=O)(=O)N(C)CC(=O)NC1CC1. The molecule has 0 aromatic carbocycles. The lowest BCUT2D eigenvalue weighted by molar-refractivity contribution is -0.121. The van der Waals surface area contributed by atoms with Crippen molar-refractivity contribution in [3.63, 3.8) is 0 Å². The Morgan fingerprint density at radius 1 is 1.53 bits per heavy atom. The second-order valence-corrected chi connectivity index (χ2v) is 7.06. The Bertz CT molecular complexity index is 368. The zero-order valence-corrected chi connectivity index (χ0v) is 11.7. The average molecular weight is 283 g/mol. The fourth-order valence-corrected chi connectivity index (χ4v) is 2.98. The highest BCUT2D eigenvalue weighted by atomic mass is 35.5. The summed E-state index contributed by atoms with van der Waals surface area (Å²) in [7, 11) is -1.97. The molecule has 1 atom stereocenters. The standard InChI is InChI=1S/C10H19ClN2O3S/c1-8(5-11)7-17(15,16)13(2)6-10(14)12-9-3-4-9/h8-9H,3-7H2,1-2H3,(H,12,14). The van der Waals surface area contributed by atoms with E-state index in [0.717, 1.165) is 17.1 Å². The van der Waals surface area contributed by atoms with E-state index in [4.69, 9.17) is 11.6 Å². The Kier molecular flexibility index (Phi) is 5.22. The number of alkyl halides is 1. The Balaban J connectivity index is 2.43. The number of halogens is 1. The number of sulfonamides is 1. The maximum Gasteiger partial charge on any atom is 0.235 e. The van der Waals surface area contributed by atoms with Crippen LogP contribution in [0.25, 0.3) is 0 Å². The van der Waals surface area contributed by atoms with Crippen LogP contribution in [0.5, 0.6) is 0 Å². The van der Waals surface area contributed by atoms with Crippen molar-refractivity contribution in [3.05, 3.63) is 0 Å². The van der Waals surface area contributed by atoms with Gasteiger partial charge in [-0.1, -0.05) is 6.92 Å². The number of amides is 1. The van der Waals surface area contributed by atoms with E-state index in [-0.39, 0.29) is 30.2 Å². The zero-order valence-electron chi connectivity index (χ0n) is 10.1. The summed E-state index contributed by atoms with van der Waals surface area (Å²) in [5, 5.41) is 2.75. The Morgan fingerprint density at radius 3 is 2.59 bits per heavy atom. The Hall–Kier alpha value is -0.330. The monoisotopic (exact) mass is 282 g/mol. The van der Waals surface area contributed by atoms with Gasteiger partial charge in [0.2, 0.25) is 15.9 Å². The van der Waals surface area contributed by atoms with Crippen LogP contribution >= 0.6 is 11.6 Å². The summed E-state index contributed by atoms with van der Waals surface area (Å²) in [5.41, 5.74) is 0. The molecule has 0 saturated heterocycles. The first kappa shape index (κ1) is 14.7. The summed E-state index contributed by atoms with van der Waals surface area (Å²) in [4.78, 5) is 11.5. The van der Waals surface area contributed by atoms with Crippen molar-refractivity contribution in [1.82, 2.24) is 9.62 Å². The normalized spacial score (nSPS) is 18.1.